The molecule has 0 aliphatic rings. The van der Waals surface area contributed by atoms with Crippen LogP contribution in [0.25, 0.3) is 0 Å². The van der Waals surface area contributed by atoms with Crippen molar-refractivity contribution in [3.8, 4) is 5.75 Å². The molecule has 0 aromatic heterocycles. The molecule has 0 unspecified atom stereocenters. The Kier molecular flexibility index (Phi) is 7.96. The van der Waals surface area contributed by atoms with Crippen molar-refractivity contribution >= 4 is 19.0 Å². The van der Waals surface area contributed by atoms with Crippen molar-refractivity contribution in [3.63, 3.8) is 0 Å². The topological polar surface area (TPSA) is 82.8 Å². The number of ether oxygens (including phenoxy) is 1. The van der Waals surface area contributed by atoms with Crippen molar-refractivity contribution in [2.75, 3.05) is 30.6 Å². The van der Waals surface area contributed by atoms with E-state index in [1.165, 1.54) is 0 Å². The summed E-state index contributed by atoms with van der Waals surface area (Å²) in [7, 11) is -3.46. The second kappa shape index (κ2) is 10.0. The zero-order chi connectivity index (χ0) is 21.5. The minimum absolute atomic E-state index is 0.0519. The summed E-state index contributed by atoms with van der Waals surface area (Å²) in [6.07, 6.45) is -4.90. The summed E-state index contributed by atoms with van der Waals surface area (Å²) in [5.41, 5.74) is 5.48. The average Bonchev–Trinajstić information content (AvgIpc) is 2.66. The van der Waals surface area contributed by atoms with Crippen molar-refractivity contribution in [2.24, 2.45) is 0 Å². The lowest BCUT2D eigenvalue weighted by molar-refractivity contribution is -0.139. The first-order chi connectivity index (χ1) is 13.7. The second-order valence-electron chi connectivity index (χ2n) is 5.99. The summed E-state index contributed by atoms with van der Waals surface area (Å²) in [6, 6.07) is 10.7. The van der Waals surface area contributed by atoms with Crippen LogP contribution in [0, 0.1) is 0 Å². The summed E-state index contributed by atoms with van der Waals surface area (Å²) in [5.74, 6) is -0.388. The number of rotatable bonds is 10. The smallest absolute Gasteiger partial charge is 0.420 e. The molecule has 2 aromatic rings. The maximum atomic E-state index is 13.4. The summed E-state index contributed by atoms with van der Waals surface area (Å²) < 4.78 is 68.6. The molecule has 0 atom stereocenters. The van der Waals surface area contributed by atoms with Crippen LogP contribution in [-0.4, -0.2) is 19.5 Å². The van der Waals surface area contributed by atoms with Crippen molar-refractivity contribution in [2.45, 2.75) is 26.6 Å². The van der Waals surface area contributed by atoms with Gasteiger partial charge < -0.3 is 24.8 Å². The van der Waals surface area contributed by atoms with Gasteiger partial charge in [-0.2, -0.15) is 13.2 Å². The number of nitrogen functional groups attached to an aromatic ring is 1. The van der Waals surface area contributed by atoms with Crippen LogP contribution in [0.1, 0.15) is 25.0 Å². The van der Waals surface area contributed by atoms with Gasteiger partial charge in [0, 0.05) is 6.07 Å². The van der Waals surface area contributed by atoms with Crippen LogP contribution in [-0.2, 0) is 26.4 Å². The minimum atomic E-state index is -4.65. The summed E-state index contributed by atoms with van der Waals surface area (Å²) in [6.45, 7) is 3.59. The van der Waals surface area contributed by atoms with E-state index in [1.54, 1.807) is 44.2 Å². The third-order valence-corrected chi connectivity index (χ3v) is 5.66. The standard InChI is InChI=1S/C19H24F3N2O4P/c1-3-27-29(25,28-4-2)13-24-17-11-18(15(10-16(17)23)19(20,21)22)26-12-14-8-6-5-7-9-14/h5-11,24H,3-4,12-13,23H2,1-2H3. The van der Waals surface area contributed by atoms with Gasteiger partial charge in [0.25, 0.3) is 0 Å². The van der Waals surface area contributed by atoms with Crippen LogP contribution in [0.15, 0.2) is 42.5 Å². The third kappa shape index (κ3) is 6.66. The van der Waals surface area contributed by atoms with E-state index in [1.807, 2.05) is 0 Å². The number of alkyl halides is 3. The average molecular weight is 432 g/mol. The van der Waals surface area contributed by atoms with Gasteiger partial charge in [0.1, 0.15) is 18.6 Å². The molecule has 0 spiro atoms. The molecule has 0 saturated carbocycles. The molecule has 2 rings (SSSR count). The van der Waals surface area contributed by atoms with Gasteiger partial charge in [-0.1, -0.05) is 30.3 Å². The first-order valence-corrected chi connectivity index (χ1v) is 10.7. The van der Waals surface area contributed by atoms with Crippen LogP contribution >= 0.6 is 7.60 Å². The van der Waals surface area contributed by atoms with Gasteiger partial charge in [0.05, 0.1) is 30.2 Å². The fourth-order valence-corrected chi connectivity index (χ4v) is 3.94. The van der Waals surface area contributed by atoms with Gasteiger partial charge in [-0.25, -0.2) is 0 Å². The maximum absolute atomic E-state index is 13.4. The number of hydrogen-bond donors (Lipinski definition) is 2. The maximum Gasteiger partial charge on any atom is 0.420 e. The van der Waals surface area contributed by atoms with Crippen LogP contribution in [0.2, 0.25) is 0 Å². The van der Waals surface area contributed by atoms with Crippen LogP contribution < -0.4 is 15.8 Å². The van der Waals surface area contributed by atoms with E-state index in [0.29, 0.717) is 5.56 Å². The van der Waals surface area contributed by atoms with E-state index < -0.39 is 19.3 Å². The first kappa shape index (κ1) is 23.1. The van der Waals surface area contributed by atoms with E-state index >= 15 is 0 Å². The summed E-state index contributed by atoms with van der Waals surface area (Å²) >= 11 is 0. The molecular formula is C19H24F3N2O4P. The Bertz CT molecular complexity index is 837. The normalized spacial score (nSPS) is 12.0. The quantitative estimate of drug-likeness (QED) is 0.381. The molecule has 160 valence electrons. The van der Waals surface area contributed by atoms with Gasteiger partial charge >= 0.3 is 13.8 Å². The molecule has 29 heavy (non-hydrogen) atoms. The van der Waals surface area contributed by atoms with E-state index in [-0.39, 0.29) is 43.2 Å². The molecule has 0 aliphatic heterocycles. The van der Waals surface area contributed by atoms with Crippen LogP contribution in [0.4, 0.5) is 24.5 Å². The van der Waals surface area contributed by atoms with Crippen LogP contribution in [0.5, 0.6) is 5.75 Å². The number of hydrogen-bond acceptors (Lipinski definition) is 6. The molecule has 0 radical (unpaired) electrons. The highest BCUT2D eigenvalue weighted by atomic mass is 31.2. The summed E-state index contributed by atoms with van der Waals surface area (Å²) in [4.78, 5) is 0. The fraction of sp³-hybridized carbons (Fsp3) is 0.368. The molecule has 3 N–H and O–H groups in total. The Hall–Kier alpha value is -2.22. The van der Waals surface area contributed by atoms with Crippen molar-refractivity contribution in [1.29, 1.82) is 0 Å². The predicted molar refractivity (Wildman–Crippen MR) is 106 cm³/mol. The predicted octanol–water partition coefficient (Wildman–Crippen LogP) is 5.50. The SMILES string of the molecule is CCOP(=O)(CNc1cc(OCc2ccccc2)c(C(F)(F)F)cc1N)OCC. The van der Waals surface area contributed by atoms with Crippen molar-refractivity contribution in [1.82, 2.24) is 0 Å². The van der Waals surface area contributed by atoms with Crippen LogP contribution in [0.3, 0.4) is 0 Å². The highest BCUT2D eigenvalue weighted by molar-refractivity contribution is 7.53. The molecule has 10 heteroatoms. The van der Waals surface area contributed by atoms with Gasteiger partial charge in [-0.15, -0.1) is 0 Å². The highest BCUT2D eigenvalue weighted by Crippen LogP contribution is 2.48. The molecular weight excluding hydrogens is 408 g/mol. The molecule has 0 amide bonds. The molecule has 0 saturated heterocycles. The Morgan fingerprint density at radius 3 is 2.24 bits per heavy atom. The van der Waals surface area contributed by atoms with Gasteiger partial charge in [0.2, 0.25) is 0 Å². The minimum Gasteiger partial charge on any atom is -0.488 e. The van der Waals surface area contributed by atoms with Gasteiger partial charge in [-0.3, -0.25) is 4.57 Å². The largest absolute Gasteiger partial charge is 0.488 e. The van der Waals surface area contributed by atoms with Gasteiger partial charge in [-0.05, 0) is 25.5 Å². The van der Waals surface area contributed by atoms with E-state index in [4.69, 9.17) is 19.5 Å². The third-order valence-electron chi connectivity index (χ3n) is 3.81. The first-order valence-electron chi connectivity index (χ1n) is 8.98. The van der Waals surface area contributed by atoms with Crippen molar-refractivity contribution in [3.05, 3.63) is 53.6 Å². The summed E-state index contributed by atoms with van der Waals surface area (Å²) in [5, 5.41) is 2.75. The Balaban J connectivity index is 2.27. The van der Waals surface area contributed by atoms with Crippen molar-refractivity contribution < 1.29 is 31.5 Å². The Labute approximate surface area is 167 Å². The lowest BCUT2D eigenvalue weighted by Crippen LogP contribution is -2.13. The number of halogens is 3. The molecule has 0 heterocycles. The van der Waals surface area contributed by atoms with E-state index in [2.05, 4.69) is 5.32 Å². The second-order valence-corrected chi connectivity index (χ2v) is 8.04. The van der Waals surface area contributed by atoms with E-state index in [0.717, 1.165) is 12.1 Å². The van der Waals surface area contributed by atoms with E-state index in [9.17, 15) is 17.7 Å². The zero-order valence-electron chi connectivity index (χ0n) is 16.2. The lowest BCUT2D eigenvalue weighted by atomic mass is 10.1. The Morgan fingerprint density at radius 2 is 1.69 bits per heavy atom. The monoisotopic (exact) mass is 432 g/mol. The number of anilines is 2. The number of nitrogens with two attached hydrogens (primary N) is 1. The Morgan fingerprint density at radius 1 is 1.07 bits per heavy atom. The van der Waals surface area contributed by atoms with Gasteiger partial charge in [0.15, 0.2) is 0 Å². The molecule has 0 fully saturated rings. The fourth-order valence-electron chi connectivity index (χ4n) is 2.53. The molecule has 2 aromatic carbocycles. The highest BCUT2D eigenvalue weighted by Gasteiger charge is 2.35. The lowest BCUT2D eigenvalue weighted by Gasteiger charge is -2.21. The molecule has 0 aliphatic carbocycles. The number of benzene rings is 2. The number of nitrogens with one attached hydrogen (secondary N) is 1. The zero-order valence-corrected chi connectivity index (χ0v) is 17.1. The molecule has 6 nitrogen and oxygen atoms in total. The molecule has 0 bridgehead atoms.